The molecular weight excluding hydrogens is 231 g/mol. The van der Waals surface area contributed by atoms with Gasteiger partial charge in [-0.25, -0.2) is 4.39 Å². The maximum Gasteiger partial charge on any atom is 0.148 e. The fraction of sp³-hybridized carbons (Fsp3) is 0.385. The summed E-state index contributed by atoms with van der Waals surface area (Å²) in [7, 11) is 0. The number of nitrogens with zero attached hydrogens (tertiary/aromatic N) is 3. The van der Waals surface area contributed by atoms with Gasteiger partial charge in [0.05, 0.1) is 17.9 Å². The molecule has 0 aliphatic carbocycles. The summed E-state index contributed by atoms with van der Waals surface area (Å²) in [6, 6.07) is 5.10. The molecule has 1 unspecified atom stereocenters. The lowest BCUT2D eigenvalue weighted by Crippen LogP contribution is -2.12. The lowest BCUT2D eigenvalue weighted by molar-refractivity contribution is 0.613. The minimum absolute atomic E-state index is 0.0470. The second kappa shape index (κ2) is 5.62. The number of aryl methyl sites for hydroxylation is 1. The van der Waals surface area contributed by atoms with E-state index in [0.717, 1.165) is 24.5 Å². The molecule has 0 aromatic carbocycles. The van der Waals surface area contributed by atoms with Crippen LogP contribution < -0.4 is 5.32 Å². The average molecular weight is 248 g/mol. The zero-order chi connectivity index (χ0) is 13.0. The van der Waals surface area contributed by atoms with E-state index in [-0.39, 0.29) is 11.9 Å². The molecule has 2 rings (SSSR count). The molecule has 0 aliphatic rings. The summed E-state index contributed by atoms with van der Waals surface area (Å²) < 4.78 is 14.7. The van der Waals surface area contributed by atoms with Crippen molar-refractivity contribution >= 4 is 5.82 Å². The standard InChI is InChI=1S/C13H17FN4/c1-3-11(12-6-5-10(14)9-15-12)16-13-7-8-18(4-2)17-13/h5-9,11H,3-4H2,1-2H3,(H,16,17). The first kappa shape index (κ1) is 12.5. The molecule has 5 heteroatoms. The Balaban J connectivity index is 2.11. The Labute approximate surface area is 106 Å². The molecule has 2 aromatic heterocycles. The third kappa shape index (κ3) is 2.85. The maximum atomic E-state index is 12.8. The number of hydrogen-bond acceptors (Lipinski definition) is 3. The topological polar surface area (TPSA) is 42.7 Å². The molecule has 96 valence electrons. The van der Waals surface area contributed by atoms with Crippen molar-refractivity contribution < 1.29 is 4.39 Å². The summed E-state index contributed by atoms with van der Waals surface area (Å²) in [4.78, 5) is 4.10. The number of hydrogen-bond donors (Lipinski definition) is 1. The fourth-order valence-corrected chi connectivity index (χ4v) is 1.77. The molecular formula is C13H17FN4. The molecule has 1 atom stereocenters. The van der Waals surface area contributed by atoms with Gasteiger partial charge in [-0.15, -0.1) is 0 Å². The van der Waals surface area contributed by atoms with E-state index in [9.17, 15) is 4.39 Å². The van der Waals surface area contributed by atoms with Crippen LogP contribution >= 0.6 is 0 Å². The molecule has 0 amide bonds. The highest BCUT2D eigenvalue weighted by Gasteiger charge is 2.11. The fourth-order valence-electron chi connectivity index (χ4n) is 1.77. The number of halogens is 1. The van der Waals surface area contributed by atoms with E-state index in [1.807, 2.05) is 23.9 Å². The molecule has 0 spiro atoms. The largest absolute Gasteiger partial charge is 0.360 e. The van der Waals surface area contributed by atoms with Gasteiger partial charge in [-0.2, -0.15) is 5.10 Å². The second-order valence-electron chi connectivity index (χ2n) is 4.06. The van der Waals surface area contributed by atoms with E-state index in [0.29, 0.717) is 0 Å². The van der Waals surface area contributed by atoms with Crippen molar-refractivity contribution in [2.45, 2.75) is 32.9 Å². The highest BCUT2D eigenvalue weighted by atomic mass is 19.1. The van der Waals surface area contributed by atoms with Crippen LogP contribution in [0.2, 0.25) is 0 Å². The van der Waals surface area contributed by atoms with Crippen LogP contribution in [0.3, 0.4) is 0 Å². The molecule has 0 saturated carbocycles. The van der Waals surface area contributed by atoms with Gasteiger partial charge in [-0.05, 0) is 25.5 Å². The summed E-state index contributed by atoms with van der Waals surface area (Å²) >= 11 is 0. The normalized spacial score (nSPS) is 12.4. The predicted octanol–water partition coefficient (Wildman–Crippen LogP) is 3.00. The van der Waals surface area contributed by atoms with Crippen molar-refractivity contribution in [3.05, 3.63) is 42.1 Å². The quantitative estimate of drug-likeness (QED) is 0.884. The SMILES string of the molecule is CCC(Nc1ccn(CC)n1)c1ccc(F)cn1. The van der Waals surface area contributed by atoms with Gasteiger partial charge in [0, 0.05) is 18.8 Å². The number of anilines is 1. The van der Waals surface area contributed by atoms with Gasteiger partial charge < -0.3 is 5.32 Å². The Kier molecular flexibility index (Phi) is 3.92. The van der Waals surface area contributed by atoms with E-state index in [1.165, 1.54) is 12.3 Å². The van der Waals surface area contributed by atoms with Crippen molar-refractivity contribution in [1.82, 2.24) is 14.8 Å². The highest BCUT2D eigenvalue weighted by Crippen LogP contribution is 2.19. The lowest BCUT2D eigenvalue weighted by atomic mass is 10.1. The first-order valence-electron chi connectivity index (χ1n) is 6.14. The Hall–Kier alpha value is -1.91. The van der Waals surface area contributed by atoms with Crippen molar-refractivity contribution in [2.24, 2.45) is 0 Å². The van der Waals surface area contributed by atoms with E-state index < -0.39 is 0 Å². The van der Waals surface area contributed by atoms with Crippen LogP contribution in [-0.2, 0) is 6.54 Å². The lowest BCUT2D eigenvalue weighted by Gasteiger charge is -2.15. The van der Waals surface area contributed by atoms with Gasteiger partial charge in [0.1, 0.15) is 11.6 Å². The van der Waals surface area contributed by atoms with E-state index in [2.05, 4.69) is 22.3 Å². The first-order chi connectivity index (χ1) is 8.72. The molecule has 0 aliphatic heterocycles. The molecule has 2 heterocycles. The highest BCUT2D eigenvalue weighted by molar-refractivity contribution is 5.35. The number of nitrogens with one attached hydrogen (secondary N) is 1. The molecule has 18 heavy (non-hydrogen) atoms. The zero-order valence-electron chi connectivity index (χ0n) is 10.6. The third-order valence-corrected chi connectivity index (χ3v) is 2.80. The Morgan fingerprint density at radius 3 is 2.72 bits per heavy atom. The number of rotatable bonds is 5. The number of pyridine rings is 1. The van der Waals surface area contributed by atoms with E-state index in [1.54, 1.807) is 6.07 Å². The van der Waals surface area contributed by atoms with Gasteiger partial charge in [-0.1, -0.05) is 6.92 Å². The second-order valence-corrected chi connectivity index (χ2v) is 4.06. The molecule has 0 radical (unpaired) electrons. The summed E-state index contributed by atoms with van der Waals surface area (Å²) in [6.07, 6.45) is 4.02. The van der Waals surface area contributed by atoms with Crippen molar-refractivity contribution in [1.29, 1.82) is 0 Å². The predicted molar refractivity (Wildman–Crippen MR) is 68.8 cm³/mol. The van der Waals surface area contributed by atoms with Crippen molar-refractivity contribution in [3.63, 3.8) is 0 Å². The van der Waals surface area contributed by atoms with Crippen LogP contribution in [0.5, 0.6) is 0 Å². The molecule has 2 aromatic rings. The summed E-state index contributed by atoms with van der Waals surface area (Å²) in [5.74, 6) is 0.499. The van der Waals surface area contributed by atoms with Crippen LogP contribution in [0.15, 0.2) is 30.6 Å². The van der Waals surface area contributed by atoms with E-state index >= 15 is 0 Å². The third-order valence-electron chi connectivity index (χ3n) is 2.80. The zero-order valence-corrected chi connectivity index (χ0v) is 10.6. The van der Waals surface area contributed by atoms with Crippen molar-refractivity contribution in [2.75, 3.05) is 5.32 Å². The van der Waals surface area contributed by atoms with Crippen LogP contribution in [0.1, 0.15) is 32.0 Å². The molecule has 0 saturated heterocycles. The van der Waals surface area contributed by atoms with Crippen molar-refractivity contribution in [3.8, 4) is 0 Å². The van der Waals surface area contributed by atoms with Crippen LogP contribution in [0.25, 0.3) is 0 Å². The van der Waals surface area contributed by atoms with E-state index in [4.69, 9.17) is 0 Å². The minimum atomic E-state index is -0.316. The Morgan fingerprint density at radius 1 is 1.33 bits per heavy atom. The monoisotopic (exact) mass is 248 g/mol. The maximum absolute atomic E-state index is 12.8. The van der Waals surface area contributed by atoms with Gasteiger partial charge in [0.2, 0.25) is 0 Å². The summed E-state index contributed by atoms with van der Waals surface area (Å²) in [5.41, 5.74) is 0.824. The Bertz CT molecular complexity index is 492. The smallest absolute Gasteiger partial charge is 0.148 e. The minimum Gasteiger partial charge on any atom is -0.360 e. The molecule has 4 nitrogen and oxygen atoms in total. The average Bonchev–Trinajstić information content (AvgIpc) is 2.85. The van der Waals surface area contributed by atoms with Crippen LogP contribution in [0.4, 0.5) is 10.2 Å². The van der Waals surface area contributed by atoms with Gasteiger partial charge in [0.25, 0.3) is 0 Å². The van der Waals surface area contributed by atoms with Crippen LogP contribution in [-0.4, -0.2) is 14.8 Å². The first-order valence-corrected chi connectivity index (χ1v) is 6.14. The van der Waals surface area contributed by atoms with Crippen LogP contribution in [0, 0.1) is 5.82 Å². The summed E-state index contributed by atoms with van der Waals surface area (Å²) in [5, 5.41) is 7.67. The molecule has 0 fully saturated rings. The molecule has 1 N–H and O–H groups in total. The van der Waals surface area contributed by atoms with Gasteiger partial charge in [0.15, 0.2) is 0 Å². The van der Waals surface area contributed by atoms with Gasteiger partial charge >= 0.3 is 0 Å². The van der Waals surface area contributed by atoms with Gasteiger partial charge in [-0.3, -0.25) is 9.67 Å². The molecule has 0 bridgehead atoms. The number of aromatic nitrogens is 3. The summed E-state index contributed by atoms with van der Waals surface area (Å²) in [6.45, 7) is 4.93. The Morgan fingerprint density at radius 2 is 2.17 bits per heavy atom.